The maximum Gasteiger partial charge on any atom is 0.157 e. The standard InChI is InChI=1S/C14H18N2O2/c1-14(2)7-9(6-10(17)8-14)16-13-11(15)4-3-5-12(13)18/h3-6,16,18H,7-8,15H2,1-2H3. The van der Waals surface area contributed by atoms with Crippen molar-refractivity contribution in [2.24, 2.45) is 5.41 Å². The van der Waals surface area contributed by atoms with Crippen molar-refractivity contribution < 1.29 is 9.90 Å². The van der Waals surface area contributed by atoms with Crippen LogP contribution in [-0.2, 0) is 4.79 Å². The molecule has 0 fully saturated rings. The van der Waals surface area contributed by atoms with Crippen LogP contribution in [-0.4, -0.2) is 10.9 Å². The molecule has 0 saturated carbocycles. The zero-order valence-corrected chi connectivity index (χ0v) is 10.7. The molecule has 0 saturated heterocycles. The van der Waals surface area contributed by atoms with Gasteiger partial charge in [0.2, 0.25) is 0 Å². The predicted octanol–water partition coefficient (Wildman–Crippen LogP) is 2.66. The fourth-order valence-corrected chi connectivity index (χ4v) is 2.28. The van der Waals surface area contributed by atoms with Crippen LogP contribution in [0.2, 0.25) is 0 Å². The van der Waals surface area contributed by atoms with Gasteiger partial charge in [0.1, 0.15) is 11.4 Å². The number of phenolic OH excluding ortho intramolecular Hbond substituents is 1. The Morgan fingerprint density at radius 1 is 1.33 bits per heavy atom. The van der Waals surface area contributed by atoms with E-state index in [0.29, 0.717) is 17.8 Å². The van der Waals surface area contributed by atoms with E-state index in [0.717, 1.165) is 12.1 Å². The average Bonchev–Trinajstić information content (AvgIpc) is 2.21. The molecule has 0 bridgehead atoms. The number of aromatic hydroxyl groups is 1. The largest absolute Gasteiger partial charge is 0.506 e. The normalized spacial score (nSPS) is 18.3. The van der Waals surface area contributed by atoms with E-state index < -0.39 is 0 Å². The molecular weight excluding hydrogens is 228 g/mol. The molecule has 1 aromatic carbocycles. The first-order valence-electron chi connectivity index (χ1n) is 5.95. The molecule has 4 heteroatoms. The van der Waals surface area contributed by atoms with Gasteiger partial charge in [-0.3, -0.25) is 4.79 Å². The van der Waals surface area contributed by atoms with E-state index in [-0.39, 0.29) is 16.9 Å². The number of hydrogen-bond donors (Lipinski definition) is 3. The molecule has 0 heterocycles. The molecule has 0 aliphatic heterocycles. The van der Waals surface area contributed by atoms with Gasteiger partial charge in [-0.15, -0.1) is 0 Å². The van der Waals surface area contributed by atoms with Gasteiger partial charge in [0, 0.05) is 18.2 Å². The highest BCUT2D eigenvalue weighted by Crippen LogP contribution is 2.37. The summed E-state index contributed by atoms with van der Waals surface area (Å²) in [6, 6.07) is 4.95. The van der Waals surface area contributed by atoms with Crippen molar-refractivity contribution in [2.75, 3.05) is 11.1 Å². The van der Waals surface area contributed by atoms with Crippen molar-refractivity contribution in [2.45, 2.75) is 26.7 Å². The first-order chi connectivity index (χ1) is 8.37. The molecule has 1 aliphatic rings. The third-order valence-electron chi connectivity index (χ3n) is 3.02. The van der Waals surface area contributed by atoms with E-state index in [1.54, 1.807) is 24.3 Å². The first kappa shape index (κ1) is 12.5. The number of nitrogens with one attached hydrogen (secondary N) is 1. The summed E-state index contributed by atoms with van der Waals surface area (Å²) in [7, 11) is 0. The van der Waals surface area contributed by atoms with Gasteiger partial charge in [0.15, 0.2) is 5.78 Å². The van der Waals surface area contributed by atoms with Crippen LogP contribution in [0.25, 0.3) is 0 Å². The number of para-hydroxylation sites is 1. The molecule has 18 heavy (non-hydrogen) atoms. The zero-order chi connectivity index (χ0) is 13.3. The lowest BCUT2D eigenvalue weighted by Crippen LogP contribution is -2.24. The molecule has 0 atom stereocenters. The summed E-state index contributed by atoms with van der Waals surface area (Å²) in [6.45, 7) is 4.10. The minimum absolute atomic E-state index is 0.0622. The van der Waals surface area contributed by atoms with Crippen LogP contribution < -0.4 is 11.1 Å². The van der Waals surface area contributed by atoms with Crippen molar-refractivity contribution in [1.82, 2.24) is 0 Å². The molecule has 0 radical (unpaired) electrons. The molecule has 0 spiro atoms. The van der Waals surface area contributed by atoms with Gasteiger partial charge in [-0.1, -0.05) is 19.9 Å². The summed E-state index contributed by atoms with van der Waals surface area (Å²) >= 11 is 0. The second-order valence-corrected chi connectivity index (χ2v) is 5.52. The second-order valence-electron chi connectivity index (χ2n) is 5.52. The van der Waals surface area contributed by atoms with Crippen molar-refractivity contribution in [3.05, 3.63) is 30.0 Å². The number of hydrogen-bond acceptors (Lipinski definition) is 4. The molecule has 1 aliphatic carbocycles. The molecule has 0 aromatic heterocycles. The van der Waals surface area contributed by atoms with Crippen LogP contribution in [0.5, 0.6) is 5.75 Å². The Morgan fingerprint density at radius 2 is 2.06 bits per heavy atom. The van der Waals surface area contributed by atoms with Crippen LogP contribution in [0, 0.1) is 5.41 Å². The van der Waals surface area contributed by atoms with Crippen molar-refractivity contribution in [3.63, 3.8) is 0 Å². The van der Waals surface area contributed by atoms with Crippen LogP contribution >= 0.6 is 0 Å². The lowest BCUT2D eigenvalue weighted by molar-refractivity contribution is -0.117. The fourth-order valence-electron chi connectivity index (χ4n) is 2.28. The molecule has 0 amide bonds. The highest BCUT2D eigenvalue weighted by molar-refractivity contribution is 5.92. The first-order valence-corrected chi connectivity index (χ1v) is 5.95. The van der Waals surface area contributed by atoms with Crippen molar-refractivity contribution in [1.29, 1.82) is 0 Å². The zero-order valence-electron chi connectivity index (χ0n) is 10.7. The van der Waals surface area contributed by atoms with Crippen LogP contribution in [0.4, 0.5) is 11.4 Å². The third kappa shape index (κ3) is 2.64. The number of allylic oxidation sites excluding steroid dienone is 2. The maximum atomic E-state index is 11.6. The number of rotatable bonds is 2. The lowest BCUT2D eigenvalue weighted by Gasteiger charge is -2.29. The lowest BCUT2D eigenvalue weighted by atomic mass is 9.79. The Kier molecular flexibility index (Phi) is 3.03. The van der Waals surface area contributed by atoms with E-state index in [1.165, 1.54) is 0 Å². The van der Waals surface area contributed by atoms with Gasteiger partial charge >= 0.3 is 0 Å². The Labute approximate surface area is 107 Å². The molecule has 1 aromatic rings. The SMILES string of the molecule is CC1(C)CC(=O)C=C(Nc2c(N)cccc2O)C1. The quantitative estimate of drug-likeness (QED) is 0.554. The smallest absolute Gasteiger partial charge is 0.157 e. The summed E-state index contributed by atoms with van der Waals surface area (Å²) < 4.78 is 0. The monoisotopic (exact) mass is 246 g/mol. The molecule has 4 N–H and O–H groups in total. The minimum Gasteiger partial charge on any atom is -0.506 e. The average molecular weight is 246 g/mol. The van der Waals surface area contributed by atoms with Gasteiger partial charge in [-0.2, -0.15) is 0 Å². The van der Waals surface area contributed by atoms with E-state index in [4.69, 9.17) is 5.73 Å². The van der Waals surface area contributed by atoms with Gasteiger partial charge in [-0.25, -0.2) is 0 Å². The Morgan fingerprint density at radius 3 is 2.67 bits per heavy atom. The number of nitrogen functional groups attached to an aromatic ring is 1. The number of carbonyl (C=O) groups is 1. The number of phenols is 1. The van der Waals surface area contributed by atoms with Gasteiger partial charge < -0.3 is 16.2 Å². The van der Waals surface area contributed by atoms with E-state index >= 15 is 0 Å². The fraction of sp³-hybridized carbons (Fsp3) is 0.357. The highest BCUT2D eigenvalue weighted by atomic mass is 16.3. The number of benzene rings is 1. The summed E-state index contributed by atoms with van der Waals surface area (Å²) in [6.07, 6.45) is 2.90. The number of anilines is 2. The van der Waals surface area contributed by atoms with Crippen LogP contribution in [0.3, 0.4) is 0 Å². The number of ketones is 1. The summed E-state index contributed by atoms with van der Waals surface area (Å²) in [5, 5.41) is 12.8. The van der Waals surface area contributed by atoms with Crippen molar-refractivity contribution in [3.8, 4) is 5.75 Å². The van der Waals surface area contributed by atoms with E-state index in [9.17, 15) is 9.90 Å². The summed E-state index contributed by atoms with van der Waals surface area (Å²) in [5.74, 6) is 0.189. The van der Waals surface area contributed by atoms with Gasteiger partial charge in [0.25, 0.3) is 0 Å². The topological polar surface area (TPSA) is 75.4 Å². The maximum absolute atomic E-state index is 11.6. The predicted molar refractivity (Wildman–Crippen MR) is 72.2 cm³/mol. The Balaban J connectivity index is 2.27. The van der Waals surface area contributed by atoms with Gasteiger partial charge in [-0.05, 0) is 24.0 Å². The molecule has 0 unspecified atom stereocenters. The second kappa shape index (κ2) is 4.37. The highest BCUT2D eigenvalue weighted by Gasteiger charge is 2.27. The van der Waals surface area contributed by atoms with Gasteiger partial charge in [0.05, 0.1) is 5.69 Å². The van der Waals surface area contributed by atoms with Crippen LogP contribution in [0.1, 0.15) is 26.7 Å². The summed E-state index contributed by atoms with van der Waals surface area (Å²) in [4.78, 5) is 11.6. The molecule has 2 rings (SSSR count). The Bertz CT molecular complexity index is 498. The third-order valence-corrected chi connectivity index (χ3v) is 3.02. The molecule has 96 valence electrons. The minimum atomic E-state index is -0.0622. The van der Waals surface area contributed by atoms with E-state index in [2.05, 4.69) is 5.32 Å². The number of carbonyl (C=O) groups excluding carboxylic acids is 1. The summed E-state index contributed by atoms with van der Waals surface area (Å²) in [5.41, 5.74) is 7.47. The number of nitrogens with two attached hydrogens (primary N) is 1. The molecule has 4 nitrogen and oxygen atoms in total. The van der Waals surface area contributed by atoms with Crippen molar-refractivity contribution >= 4 is 17.2 Å². The molecular formula is C14H18N2O2. The van der Waals surface area contributed by atoms with Crippen LogP contribution in [0.15, 0.2) is 30.0 Å². The van der Waals surface area contributed by atoms with E-state index in [1.807, 2.05) is 13.8 Å². The Hall–Kier alpha value is -1.97.